The second-order valence-electron chi connectivity index (χ2n) is 10.9. The largest absolute Gasteiger partial charge is 0.287 e. The fourth-order valence-electron chi connectivity index (χ4n) is 6.53. The standard InChI is InChI=1S/C30H24ClN7O/c1-16-2-3-18-9-19(5-4-17(18)8-16)20-10-26(32-14-20)29-22-12-23(22)30-34-25(13-28(39)38(29)30)24-11-21(31)6-7-27(24)37-15-33-35-36-37/h4-7,9,11,13-15,22-23,29H,1-3,8,10,12H2. The van der Waals surface area contributed by atoms with Crippen molar-refractivity contribution in [2.24, 2.45) is 10.9 Å². The number of tetrazole rings is 1. The van der Waals surface area contributed by atoms with Crippen molar-refractivity contribution in [3.8, 4) is 16.9 Å². The molecule has 4 aliphatic rings. The van der Waals surface area contributed by atoms with Gasteiger partial charge in [0.05, 0.1) is 17.4 Å². The molecule has 9 heteroatoms. The molecule has 192 valence electrons. The van der Waals surface area contributed by atoms with Gasteiger partial charge >= 0.3 is 0 Å². The quantitative estimate of drug-likeness (QED) is 0.339. The van der Waals surface area contributed by atoms with Crippen molar-refractivity contribution in [3.63, 3.8) is 0 Å². The van der Waals surface area contributed by atoms with Crippen molar-refractivity contribution < 1.29 is 0 Å². The molecule has 8 rings (SSSR count). The van der Waals surface area contributed by atoms with Crippen LogP contribution >= 0.6 is 11.6 Å². The molecule has 0 saturated heterocycles. The van der Waals surface area contributed by atoms with Crippen LogP contribution in [0.3, 0.4) is 0 Å². The summed E-state index contributed by atoms with van der Waals surface area (Å²) in [5.74, 6) is 1.46. The Morgan fingerprint density at radius 3 is 2.82 bits per heavy atom. The molecule has 0 spiro atoms. The maximum Gasteiger partial charge on any atom is 0.254 e. The van der Waals surface area contributed by atoms with Crippen LogP contribution in [0.15, 0.2) is 76.9 Å². The third-order valence-corrected chi connectivity index (χ3v) is 8.76. The van der Waals surface area contributed by atoms with Crippen LogP contribution in [0, 0.1) is 5.92 Å². The molecule has 8 nitrogen and oxygen atoms in total. The molecule has 1 saturated carbocycles. The summed E-state index contributed by atoms with van der Waals surface area (Å²) in [6, 6.07) is 13.7. The molecule has 4 heterocycles. The van der Waals surface area contributed by atoms with E-state index in [0.29, 0.717) is 27.9 Å². The number of hydrogen-bond acceptors (Lipinski definition) is 6. The Kier molecular flexibility index (Phi) is 4.91. The molecule has 2 aliphatic heterocycles. The number of halogens is 1. The zero-order chi connectivity index (χ0) is 26.2. The number of aromatic nitrogens is 6. The molecule has 0 N–H and O–H groups in total. The van der Waals surface area contributed by atoms with E-state index in [4.69, 9.17) is 21.6 Å². The highest BCUT2D eigenvalue weighted by molar-refractivity contribution is 6.31. The lowest BCUT2D eigenvalue weighted by atomic mass is 9.86. The fraction of sp³-hybridized carbons (Fsp3) is 0.267. The van der Waals surface area contributed by atoms with E-state index >= 15 is 0 Å². The summed E-state index contributed by atoms with van der Waals surface area (Å²) in [6.07, 6.45) is 8.37. The SMILES string of the molecule is C=C1CCc2cc(C3=CN=C(C4C5CC5c5nc(-c6cc(Cl)ccc6-n6cnnn6)cc(=O)n54)C3)ccc2C1. The van der Waals surface area contributed by atoms with Crippen LogP contribution in [0.5, 0.6) is 0 Å². The summed E-state index contributed by atoms with van der Waals surface area (Å²) >= 11 is 6.34. The first-order chi connectivity index (χ1) is 19.0. The molecular formula is C30H24ClN7O. The van der Waals surface area contributed by atoms with Crippen molar-refractivity contribution in [1.82, 2.24) is 29.8 Å². The van der Waals surface area contributed by atoms with Crippen LogP contribution in [0.2, 0.25) is 5.02 Å². The molecule has 2 aliphatic carbocycles. The summed E-state index contributed by atoms with van der Waals surface area (Å²) in [4.78, 5) is 23.5. The van der Waals surface area contributed by atoms with Crippen LogP contribution in [-0.4, -0.2) is 35.5 Å². The molecule has 4 aromatic rings. The van der Waals surface area contributed by atoms with Crippen molar-refractivity contribution in [2.45, 2.75) is 44.1 Å². The van der Waals surface area contributed by atoms with Crippen LogP contribution < -0.4 is 5.56 Å². The van der Waals surface area contributed by atoms with Crippen LogP contribution in [0.1, 0.15) is 53.7 Å². The number of allylic oxidation sites excluding steroid dienone is 2. The number of aliphatic imine (C=N–C) groups is 1. The minimum Gasteiger partial charge on any atom is -0.287 e. The highest BCUT2D eigenvalue weighted by Crippen LogP contribution is 2.59. The minimum absolute atomic E-state index is 0.0490. The van der Waals surface area contributed by atoms with Crippen LogP contribution in [-0.2, 0) is 12.8 Å². The molecule has 0 radical (unpaired) electrons. The van der Waals surface area contributed by atoms with E-state index in [1.807, 2.05) is 16.8 Å². The number of nitrogens with zero attached hydrogens (tertiary/aromatic N) is 7. The average molecular weight is 534 g/mol. The highest BCUT2D eigenvalue weighted by Gasteiger charge is 2.55. The van der Waals surface area contributed by atoms with Gasteiger partial charge < -0.3 is 0 Å². The van der Waals surface area contributed by atoms with Gasteiger partial charge in [-0.2, -0.15) is 4.68 Å². The Balaban J connectivity index is 1.11. The monoisotopic (exact) mass is 533 g/mol. The van der Waals surface area contributed by atoms with Crippen LogP contribution in [0.4, 0.5) is 0 Å². The van der Waals surface area contributed by atoms with E-state index in [9.17, 15) is 4.79 Å². The van der Waals surface area contributed by atoms with Crippen molar-refractivity contribution in [1.29, 1.82) is 0 Å². The molecule has 3 unspecified atom stereocenters. The zero-order valence-electron chi connectivity index (χ0n) is 21.1. The molecule has 0 bridgehead atoms. The van der Waals surface area contributed by atoms with E-state index in [1.54, 1.807) is 22.9 Å². The Bertz CT molecular complexity index is 1820. The number of hydrogen-bond donors (Lipinski definition) is 0. The van der Waals surface area contributed by atoms with Gasteiger partial charge in [-0.3, -0.25) is 14.4 Å². The summed E-state index contributed by atoms with van der Waals surface area (Å²) in [6.45, 7) is 4.17. The summed E-state index contributed by atoms with van der Waals surface area (Å²) in [5, 5.41) is 12.1. The molecule has 39 heavy (non-hydrogen) atoms. The van der Waals surface area contributed by atoms with Crippen molar-refractivity contribution in [2.75, 3.05) is 0 Å². The number of rotatable bonds is 4. The smallest absolute Gasteiger partial charge is 0.254 e. The molecule has 0 amide bonds. The molecule has 2 aromatic heterocycles. The first kappa shape index (κ1) is 22.8. The van der Waals surface area contributed by atoms with Gasteiger partial charge in [-0.15, -0.1) is 5.10 Å². The summed E-state index contributed by atoms with van der Waals surface area (Å²) in [5.41, 5.74) is 9.54. The molecule has 2 aromatic carbocycles. The average Bonchev–Trinajstić information content (AvgIpc) is 3.28. The summed E-state index contributed by atoms with van der Waals surface area (Å²) < 4.78 is 3.43. The van der Waals surface area contributed by atoms with Gasteiger partial charge in [-0.05, 0) is 82.5 Å². The molecular weight excluding hydrogens is 510 g/mol. The first-order valence-electron chi connectivity index (χ1n) is 13.2. The van der Waals surface area contributed by atoms with Crippen LogP contribution in [0.25, 0.3) is 22.5 Å². The van der Waals surface area contributed by atoms with Crippen molar-refractivity contribution in [3.05, 3.63) is 105 Å². The maximum absolute atomic E-state index is 13.6. The third-order valence-electron chi connectivity index (χ3n) is 8.53. The van der Waals surface area contributed by atoms with Gasteiger partial charge in [-0.25, -0.2) is 4.98 Å². The van der Waals surface area contributed by atoms with Gasteiger partial charge in [0, 0.05) is 40.9 Å². The fourth-order valence-corrected chi connectivity index (χ4v) is 6.70. The topological polar surface area (TPSA) is 90.8 Å². The first-order valence-corrected chi connectivity index (χ1v) is 13.6. The summed E-state index contributed by atoms with van der Waals surface area (Å²) in [7, 11) is 0. The van der Waals surface area contributed by atoms with Gasteiger partial charge in [0.1, 0.15) is 12.2 Å². The minimum atomic E-state index is -0.0694. The number of fused-ring (bicyclic) bond motifs is 4. The Morgan fingerprint density at radius 1 is 1.03 bits per heavy atom. The lowest BCUT2D eigenvalue weighted by Crippen LogP contribution is -2.30. The lowest BCUT2D eigenvalue weighted by molar-refractivity contribution is 0.576. The predicted molar refractivity (Wildman–Crippen MR) is 149 cm³/mol. The zero-order valence-corrected chi connectivity index (χ0v) is 21.8. The van der Waals surface area contributed by atoms with Gasteiger partial charge in [0.15, 0.2) is 0 Å². The van der Waals surface area contributed by atoms with E-state index in [0.717, 1.165) is 43.6 Å². The number of aryl methyl sites for hydroxylation is 1. The maximum atomic E-state index is 13.6. The second-order valence-corrected chi connectivity index (χ2v) is 11.4. The normalized spacial score (nSPS) is 22.7. The lowest BCUT2D eigenvalue weighted by Gasteiger charge is -2.20. The number of benzene rings is 2. The van der Waals surface area contributed by atoms with Crippen molar-refractivity contribution >= 4 is 22.9 Å². The Labute approximate surface area is 229 Å². The van der Waals surface area contributed by atoms with E-state index < -0.39 is 0 Å². The molecule has 3 atom stereocenters. The van der Waals surface area contributed by atoms with E-state index in [1.165, 1.54) is 34.2 Å². The molecule has 1 fully saturated rings. The van der Waals surface area contributed by atoms with E-state index in [-0.39, 0.29) is 17.5 Å². The van der Waals surface area contributed by atoms with E-state index in [2.05, 4.69) is 40.3 Å². The highest BCUT2D eigenvalue weighted by atomic mass is 35.5. The Morgan fingerprint density at radius 2 is 1.95 bits per heavy atom. The second kappa shape index (κ2) is 8.41. The Hall–Kier alpha value is -4.17. The van der Waals surface area contributed by atoms with Gasteiger partial charge in [0.2, 0.25) is 0 Å². The van der Waals surface area contributed by atoms with Gasteiger partial charge in [-0.1, -0.05) is 42.0 Å². The predicted octanol–water partition coefficient (Wildman–Crippen LogP) is 5.13. The van der Waals surface area contributed by atoms with Gasteiger partial charge in [0.25, 0.3) is 5.56 Å². The third kappa shape index (κ3) is 3.66.